The Balaban J connectivity index is 2.56. The maximum Gasteiger partial charge on any atom is 0.251 e. The molecule has 1 aromatic heterocycles. The SMILES string of the molecule is CNC(=O)c1ccc2cnccc2c1. The van der Waals surface area contributed by atoms with E-state index >= 15 is 0 Å². The summed E-state index contributed by atoms with van der Waals surface area (Å²) in [6.07, 6.45) is 3.50. The second-order valence-corrected chi connectivity index (χ2v) is 3.02. The van der Waals surface area contributed by atoms with E-state index in [2.05, 4.69) is 10.3 Å². The molecule has 1 aromatic carbocycles. The lowest BCUT2D eigenvalue weighted by atomic mass is 10.1. The van der Waals surface area contributed by atoms with Crippen LogP contribution in [0.25, 0.3) is 10.8 Å². The Morgan fingerprint density at radius 2 is 2.14 bits per heavy atom. The smallest absolute Gasteiger partial charge is 0.251 e. The third kappa shape index (κ3) is 1.44. The zero-order chi connectivity index (χ0) is 9.97. The summed E-state index contributed by atoms with van der Waals surface area (Å²) in [4.78, 5) is 15.3. The summed E-state index contributed by atoms with van der Waals surface area (Å²) in [5, 5.41) is 4.66. The topological polar surface area (TPSA) is 42.0 Å². The van der Waals surface area contributed by atoms with Crippen LogP contribution in [0.2, 0.25) is 0 Å². The van der Waals surface area contributed by atoms with Gasteiger partial charge in [0.2, 0.25) is 0 Å². The standard InChI is InChI=1S/C11H10N2O/c1-12-11(14)9-2-3-10-7-13-5-4-8(10)6-9/h2-7H,1H3,(H,12,14). The number of benzene rings is 1. The fraction of sp³-hybridized carbons (Fsp3) is 0.0909. The van der Waals surface area contributed by atoms with Crippen LogP contribution in [0.3, 0.4) is 0 Å². The summed E-state index contributed by atoms with van der Waals surface area (Å²) in [5.41, 5.74) is 0.672. The van der Waals surface area contributed by atoms with Crippen molar-refractivity contribution in [2.24, 2.45) is 0 Å². The van der Waals surface area contributed by atoms with Gasteiger partial charge in [-0.1, -0.05) is 6.07 Å². The molecule has 14 heavy (non-hydrogen) atoms. The summed E-state index contributed by atoms with van der Waals surface area (Å²) >= 11 is 0. The number of nitrogens with zero attached hydrogens (tertiary/aromatic N) is 1. The zero-order valence-electron chi connectivity index (χ0n) is 7.82. The monoisotopic (exact) mass is 186 g/mol. The van der Waals surface area contributed by atoms with Crippen molar-refractivity contribution in [2.45, 2.75) is 0 Å². The number of amides is 1. The Morgan fingerprint density at radius 1 is 1.29 bits per heavy atom. The molecular weight excluding hydrogens is 176 g/mol. The molecule has 0 saturated carbocycles. The third-order valence-electron chi connectivity index (χ3n) is 2.13. The van der Waals surface area contributed by atoms with Crippen LogP contribution in [0.5, 0.6) is 0 Å². The van der Waals surface area contributed by atoms with E-state index in [1.807, 2.05) is 18.2 Å². The van der Waals surface area contributed by atoms with Gasteiger partial charge in [-0.25, -0.2) is 0 Å². The van der Waals surface area contributed by atoms with E-state index in [9.17, 15) is 4.79 Å². The van der Waals surface area contributed by atoms with E-state index in [-0.39, 0.29) is 5.91 Å². The molecule has 1 amide bonds. The summed E-state index contributed by atoms with van der Waals surface area (Å²) < 4.78 is 0. The molecule has 0 radical (unpaired) electrons. The van der Waals surface area contributed by atoms with Crippen molar-refractivity contribution in [3.05, 3.63) is 42.2 Å². The molecule has 1 heterocycles. The van der Waals surface area contributed by atoms with E-state index in [0.29, 0.717) is 5.56 Å². The average molecular weight is 186 g/mol. The van der Waals surface area contributed by atoms with Gasteiger partial charge in [0.15, 0.2) is 0 Å². The first-order chi connectivity index (χ1) is 6.81. The van der Waals surface area contributed by atoms with Crippen molar-refractivity contribution >= 4 is 16.7 Å². The van der Waals surface area contributed by atoms with Gasteiger partial charge in [0.05, 0.1) is 0 Å². The largest absolute Gasteiger partial charge is 0.355 e. The van der Waals surface area contributed by atoms with Gasteiger partial charge in [0.1, 0.15) is 0 Å². The zero-order valence-corrected chi connectivity index (χ0v) is 7.82. The molecule has 70 valence electrons. The van der Waals surface area contributed by atoms with Crippen molar-refractivity contribution in [1.82, 2.24) is 10.3 Å². The molecule has 1 N–H and O–H groups in total. The first-order valence-corrected chi connectivity index (χ1v) is 4.37. The maximum absolute atomic E-state index is 11.3. The van der Waals surface area contributed by atoms with E-state index in [1.54, 1.807) is 25.5 Å². The molecule has 2 rings (SSSR count). The van der Waals surface area contributed by atoms with Crippen LogP contribution in [0.15, 0.2) is 36.7 Å². The first kappa shape index (κ1) is 8.69. The lowest BCUT2D eigenvalue weighted by molar-refractivity contribution is 0.0963. The first-order valence-electron chi connectivity index (χ1n) is 4.37. The number of hydrogen-bond donors (Lipinski definition) is 1. The number of carbonyl (C=O) groups is 1. The summed E-state index contributed by atoms with van der Waals surface area (Å²) in [6, 6.07) is 7.44. The quantitative estimate of drug-likeness (QED) is 0.734. The third-order valence-corrected chi connectivity index (χ3v) is 2.13. The van der Waals surface area contributed by atoms with Crippen molar-refractivity contribution in [1.29, 1.82) is 0 Å². The van der Waals surface area contributed by atoms with E-state index in [0.717, 1.165) is 10.8 Å². The number of aromatic nitrogens is 1. The van der Waals surface area contributed by atoms with Gasteiger partial charge in [-0.2, -0.15) is 0 Å². The second kappa shape index (κ2) is 3.46. The van der Waals surface area contributed by atoms with E-state index < -0.39 is 0 Å². The van der Waals surface area contributed by atoms with Gasteiger partial charge < -0.3 is 5.32 Å². The molecular formula is C11H10N2O. The minimum Gasteiger partial charge on any atom is -0.355 e. The molecule has 0 atom stereocenters. The lowest BCUT2D eigenvalue weighted by Crippen LogP contribution is -2.17. The number of nitrogens with one attached hydrogen (secondary N) is 1. The van der Waals surface area contributed by atoms with Gasteiger partial charge >= 0.3 is 0 Å². The van der Waals surface area contributed by atoms with Gasteiger partial charge in [-0.15, -0.1) is 0 Å². The van der Waals surface area contributed by atoms with Crippen LogP contribution in [0, 0.1) is 0 Å². The predicted octanol–water partition coefficient (Wildman–Crippen LogP) is 1.59. The minimum absolute atomic E-state index is 0.0660. The Kier molecular flexibility index (Phi) is 2.14. The van der Waals surface area contributed by atoms with Crippen LogP contribution in [0.4, 0.5) is 0 Å². The summed E-state index contributed by atoms with van der Waals surface area (Å²) in [7, 11) is 1.62. The molecule has 0 spiro atoms. The maximum atomic E-state index is 11.3. The highest BCUT2D eigenvalue weighted by molar-refractivity contribution is 5.98. The fourth-order valence-electron chi connectivity index (χ4n) is 1.37. The van der Waals surface area contributed by atoms with Crippen molar-refractivity contribution in [3.8, 4) is 0 Å². The molecule has 0 aliphatic rings. The highest BCUT2D eigenvalue weighted by Gasteiger charge is 2.02. The van der Waals surface area contributed by atoms with Crippen molar-refractivity contribution in [2.75, 3.05) is 7.05 Å². The second-order valence-electron chi connectivity index (χ2n) is 3.02. The Hall–Kier alpha value is -1.90. The van der Waals surface area contributed by atoms with Gasteiger partial charge in [0.25, 0.3) is 5.91 Å². The highest BCUT2D eigenvalue weighted by Crippen LogP contribution is 2.14. The van der Waals surface area contributed by atoms with Gasteiger partial charge in [-0.3, -0.25) is 9.78 Å². The summed E-state index contributed by atoms with van der Waals surface area (Å²) in [6.45, 7) is 0. The minimum atomic E-state index is -0.0660. The van der Waals surface area contributed by atoms with Crippen molar-refractivity contribution in [3.63, 3.8) is 0 Å². The van der Waals surface area contributed by atoms with Crippen LogP contribution in [-0.4, -0.2) is 17.9 Å². The lowest BCUT2D eigenvalue weighted by Gasteiger charge is -2.01. The van der Waals surface area contributed by atoms with E-state index in [4.69, 9.17) is 0 Å². The number of pyridine rings is 1. The molecule has 0 fully saturated rings. The molecule has 0 aliphatic heterocycles. The summed E-state index contributed by atoms with van der Waals surface area (Å²) in [5.74, 6) is -0.0660. The van der Waals surface area contributed by atoms with Crippen LogP contribution < -0.4 is 5.32 Å². The molecule has 0 aliphatic carbocycles. The fourth-order valence-corrected chi connectivity index (χ4v) is 1.37. The van der Waals surface area contributed by atoms with Crippen molar-refractivity contribution < 1.29 is 4.79 Å². The average Bonchev–Trinajstić information content (AvgIpc) is 2.27. The van der Waals surface area contributed by atoms with Crippen LogP contribution in [0.1, 0.15) is 10.4 Å². The van der Waals surface area contributed by atoms with Crippen LogP contribution >= 0.6 is 0 Å². The van der Waals surface area contributed by atoms with Crippen LogP contribution in [-0.2, 0) is 0 Å². The molecule has 0 bridgehead atoms. The molecule has 2 aromatic rings. The molecule has 3 heteroatoms. The molecule has 0 unspecified atom stereocenters. The Bertz CT molecular complexity index is 479. The number of fused-ring (bicyclic) bond motifs is 1. The Morgan fingerprint density at radius 3 is 2.93 bits per heavy atom. The predicted molar refractivity (Wildman–Crippen MR) is 55.1 cm³/mol. The number of rotatable bonds is 1. The molecule has 3 nitrogen and oxygen atoms in total. The molecule has 0 saturated heterocycles. The van der Waals surface area contributed by atoms with Gasteiger partial charge in [-0.05, 0) is 23.6 Å². The number of hydrogen-bond acceptors (Lipinski definition) is 2. The van der Waals surface area contributed by atoms with E-state index in [1.165, 1.54) is 0 Å². The van der Waals surface area contributed by atoms with Gasteiger partial charge in [0, 0.05) is 30.4 Å². The Labute approximate surface area is 81.8 Å². The normalized spacial score (nSPS) is 10.1. The number of carbonyl (C=O) groups excluding carboxylic acids is 1. The highest BCUT2D eigenvalue weighted by atomic mass is 16.1.